The van der Waals surface area contributed by atoms with Gasteiger partial charge in [0.25, 0.3) is 0 Å². The Balaban J connectivity index is 1.80. The first kappa shape index (κ1) is 16.1. The van der Waals surface area contributed by atoms with Gasteiger partial charge in [0.15, 0.2) is 0 Å². The zero-order chi connectivity index (χ0) is 17.2. The number of likely N-dealkylation sites (N-methyl/N-ethyl adjacent to an activating group) is 1. The zero-order valence-electron chi connectivity index (χ0n) is 14.2. The lowest BCUT2D eigenvalue weighted by molar-refractivity contribution is 0.111. The van der Waals surface area contributed by atoms with Crippen LogP contribution in [0.1, 0.15) is 36.6 Å². The van der Waals surface area contributed by atoms with E-state index in [1.807, 2.05) is 49.5 Å². The van der Waals surface area contributed by atoms with Gasteiger partial charge in [0.1, 0.15) is 0 Å². The summed E-state index contributed by atoms with van der Waals surface area (Å²) < 4.78 is 0. The summed E-state index contributed by atoms with van der Waals surface area (Å²) in [5, 5.41) is 2.92. The highest BCUT2D eigenvalue weighted by Gasteiger charge is 2.41. The van der Waals surface area contributed by atoms with Gasteiger partial charge in [0.2, 0.25) is 0 Å². The van der Waals surface area contributed by atoms with Gasteiger partial charge in [0, 0.05) is 48.1 Å². The summed E-state index contributed by atoms with van der Waals surface area (Å²) in [4.78, 5) is 18.2. The first-order chi connectivity index (χ1) is 11.5. The second-order valence-corrected chi connectivity index (χ2v) is 6.54. The summed E-state index contributed by atoms with van der Waals surface area (Å²) in [6.07, 6.45) is 1.80. The molecule has 24 heavy (non-hydrogen) atoms. The van der Waals surface area contributed by atoms with E-state index < -0.39 is 0 Å². The maximum atomic E-state index is 11.8. The SMILES string of the molecule is CN1C(=O)NCC(c2ccc(C#Cc3ccccc3)cn2)C1(C)C. The lowest BCUT2D eigenvalue weighted by atomic mass is 9.81. The highest BCUT2D eigenvalue weighted by atomic mass is 16.2. The number of rotatable bonds is 1. The minimum absolute atomic E-state index is 0.0402. The number of carbonyl (C=O) groups excluding carboxylic acids is 1. The van der Waals surface area contributed by atoms with Crippen molar-refractivity contribution in [2.24, 2.45) is 0 Å². The quantitative estimate of drug-likeness (QED) is 0.821. The van der Waals surface area contributed by atoms with Crippen molar-refractivity contribution in [3.8, 4) is 11.8 Å². The maximum absolute atomic E-state index is 11.8. The van der Waals surface area contributed by atoms with Crippen molar-refractivity contribution in [1.29, 1.82) is 0 Å². The van der Waals surface area contributed by atoms with E-state index in [-0.39, 0.29) is 17.5 Å². The number of nitrogens with zero attached hydrogens (tertiary/aromatic N) is 2. The Morgan fingerprint density at radius 3 is 2.50 bits per heavy atom. The van der Waals surface area contributed by atoms with Gasteiger partial charge in [-0.2, -0.15) is 0 Å². The lowest BCUT2D eigenvalue weighted by Gasteiger charge is -2.45. The van der Waals surface area contributed by atoms with Crippen LogP contribution >= 0.6 is 0 Å². The fraction of sp³-hybridized carbons (Fsp3) is 0.300. The van der Waals surface area contributed by atoms with Gasteiger partial charge in [-0.25, -0.2) is 4.79 Å². The Labute approximate surface area is 142 Å². The van der Waals surface area contributed by atoms with Gasteiger partial charge in [-0.05, 0) is 38.1 Å². The molecule has 4 nitrogen and oxygen atoms in total. The zero-order valence-corrected chi connectivity index (χ0v) is 14.2. The average Bonchev–Trinajstić information content (AvgIpc) is 2.60. The molecular formula is C20H21N3O. The van der Waals surface area contributed by atoms with Crippen LogP contribution in [0.15, 0.2) is 48.7 Å². The van der Waals surface area contributed by atoms with Crippen LogP contribution in [-0.2, 0) is 0 Å². The van der Waals surface area contributed by atoms with Gasteiger partial charge in [-0.1, -0.05) is 30.0 Å². The van der Waals surface area contributed by atoms with Crippen LogP contribution < -0.4 is 5.32 Å². The summed E-state index contributed by atoms with van der Waals surface area (Å²) >= 11 is 0. The number of hydrogen-bond acceptors (Lipinski definition) is 2. The number of pyridine rings is 1. The highest BCUT2D eigenvalue weighted by Crippen LogP contribution is 2.33. The summed E-state index contributed by atoms with van der Waals surface area (Å²) in [5.41, 5.74) is 2.55. The predicted molar refractivity (Wildman–Crippen MR) is 94.6 cm³/mol. The fourth-order valence-electron chi connectivity index (χ4n) is 2.87. The number of amides is 2. The minimum Gasteiger partial charge on any atom is -0.337 e. The van der Waals surface area contributed by atoms with Crippen LogP contribution in [0.5, 0.6) is 0 Å². The number of carbonyl (C=O) groups is 1. The van der Waals surface area contributed by atoms with Crippen molar-refractivity contribution in [1.82, 2.24) is 15.2 Å². The molecule has 1 fully saturated rings. The molecule has 0 saturated carbocycles. The third kappa shape index (κ3) is 3.11. The van der Waals surface area contributed by atoms with E-state index in [0.29, 0.717) is 6.54 Å². The van der Waals surface area contributed by atoms with E-state index in [9.17, 15) is 4.79 Å². The lowest BCUT2D eigenvalue weighted by Crippen LogP contribution is -2.60. The summed E-state index contributed by atoms with van der Waals surface area (Å²) in [6, 6.07) is 13.8. The molecule has 2 amide bonds. The molecule has 1 saturated heterocycles. The van der Waals surface area contributed by atoms with E-state index in [4.69, 9.17) is 0 Å². The van der Waals surface area contributed by atoms with Crippen LogP contribution in [0.3, 0.4) is 0 Å². The van der Waals surface area contributed by atoms with Crippen LogP contribution in [-0.4, -0.2) is 35.0 Å². The fourth-order valence-corrected chi connectivity index (χ4v) is 2.87. The van der Waals surface area contributed by atoms with Crippen molar-refractivity contribution in [3.05, 3.63) is 65.5 Å². The first-order valence-electron chi connectivity index (χ1n) is 8.03. The highest BCUT2D eigenvalue weighted by molar-refractivity contribution is 5.76. The van der Waals surface area contributed by atoms with Crippen LogP contribution in [0.4, 0.5) is 4.79 Å². The number of aromatic nitrogens is 1. The van der Waals surface area contributed by atoms with E-state index in [1.165, 1.54) is 0 Å². The molecule has 3 rings (SSSR count). The normalized spacial score (nSPS) is 19.2. The second kappa shape index (κ2) is 6.37. The molecule has 122 valence electrons. The Hall–Kier alpha value is -2.80. The Kier molecular flexibility index (Phi) is 4.26. The van der Waals surface area contributed by atoms with Crippen molar-refractivity contribution in [2.75, 3.05) is 13.6 Å². The topological polar surface area (TPSA) is 45.2 Å². The molecule has 0 radical (unpaired) electrons. The molecule has 0 aliphatic carbocycles. The van der Waals surface area contributed by atoms with Crippen LogP contribution in [0.25, 0.3) is 0 Å². The van der Waals surface area contributed by atoms with Gasteiger partial charge in [-0.3, -0.25) is 4.98 Å². The van der Waals surface area contributed by atoms with E-state index in [2.05, 4.69) is 36.0 Å². The van der Waals surface area contributed by atoms with Crippen molar-refractivity contribution in [2.45, 2.75) is 25.3 Å². The smallest absolute Gasteiger partial charge is 0.317 e. The monoisotopic (exact) mass is 319 g/mol. The van der Waals surface area contributed by atoms with Crippen molar-refractivity contribution >= 4 is 6.03 Å². The molecule has 1 atom stereocenters. The van der Waals surface area contributed by atoms with E-state index >= 15 is 0 Å². The second-order valence-electron chi connectivity index (χ2n) is 6.54. The molecule has 1 aliphatic rings. The molecule has 1 aromatic heterocycles. The van der Waals surface area contributed by atoms with Crippen LogP contribution in [0, 0.1) is 11.8 Å². The predicted octanol–water partition coefficient (Wildman–Crippen LogP) is 3.00. The van der Waals surface area contributed by atoms with Crippen LogP contribution in [0.2, 0.25) is 0 Å². The molecule has 2 heterocycles. The standard InChI is InChI=1S/C20H21N3O/c1-20(2)17(14-22-19(24)23(20)3)18-12-11-16(13-21-18)10-9-15-7-5-4-6-8-15/h4-8,11-13,17H,14H2,1-3H3,(H,22,24). The van der Waals surface area contributed by atoms with Crippen molar-refractivity contribution in [3.63, 3.8) is 0 Å². The average molecular weight is 319 g/mol. The molecular weight excluding hydrogens is 298 g/mol. The number of nitrogens with one attached hydrogen (secondary N) is 1. The van der Waals surface area contributed by atoms with E-state index in [1.54, 1.807) is 11.1 Å². The Morgan fingerprint density at radius 1 is 1.12 bits per heavy atom. The van der Waals surface area contributed by atoms with Gasteiger partial charge < -0.3 is 10.2 Å². The number of hydrogen-bond donors (Lipinski definition) is 1. The molecule has 2 aromatic rings. The summed E-state index contributed by atoms with van der Waals surface area (Å²) in [7, 11) is 1.82. The molecule has 0 spiro atoms. The molecule has 1 unspecified atom stereocenters. The third-order valence-corrected chi connectivity index (χ3v) is 4.75. The Morgan fingerprint density at radius 2 is 1.83 bits per heavy atom. The van der Waals surface area contributed by atoms with Gasteiger partial charge >= 0.3 is 6.03 Å². The first-order valence-corrected chi connectivity index (χ1v) is 8.03. The molecule has 0 bridgehead atoms. The summed E-state index contributed by atoms with van der Waals surface area (Å²) in [5.74, 6) is 6.40. The third-order valence-electron chi connectivity index (χ3n) is 4.75. The molecule has 1 aromatic carbocycles. The molecule has 1 aliphatic heterocycles. The molecule has 1 N–H and O–H groups in total. The largest absolute Gasteiger partial charge is 0.337 e. The van der Waals surface area contributed by atoms with Crippen molar-refractivity contribution < 1.29 is 4.79 Å². The number of benzene rings is 1. The number of urea groups is 1. The Bertz CT molecular complexity index is 785. The molecule has 4 heteroatoms. The summed E-state index contributed by atoms with van der Waals surface area (Å²) in [6.45, 7) is 4.74. The maximum Gasteiger partial charge on any atom is 0.317 e. The minimum atomic E-state index is -0.285. The van der Waals surface area contributed by atoms with E-state index in [0.717, 1.165) is 16.8 Å². The van der Waals surface area contributed by atoms with Gasteiger partial charge in [-0.15, -0.1) is 0 Å². The van der Waals surface area contributed by atoms with Gasteiger partial charge in [0.05, 0.1) is 0 Å².